The summed E-state index contributed by atoms with van der Waals surface area (Å²) in [6.45, 7) is 5.05. The summed E-state index contributed by atoms with van der Waals surface area (Å²) in [7, 11) is -4.22. The second-order valence-electron chi connectivity index (χ2n) is 8.85. The summed E-state index contributed by atoms with van der Waals surface area (Å²) in [5.41, 5.74) is -0.00536. The number of hydrogen-bond donors (Lipinski definition) is 1. The van der Waals surface area contributed by atoms with Crippen molar-refractivity contribution >= 4 is 39.3 Å². The number of benzene rings is 2. The number of aliphatic carboxylic acids is 1. The van der Waals surface area contributed by atoms with Gasteiger partial charge in [-0.15, -0.1) is 0 Å². The lowest BCUT2D eigenvalue weighted by Gasteiger charge is -2.35. The zero-order valence-electron chi connectivity index (χ0n) is 18.9. The molecule has 0 amide bonds. The van der Waals surface area contributed by atoms with E-state index < -0.39 is 39.5 Å². The lowest BCUT2D eigenvalue weighted by molar-refractivity contribution is -0.154. The summed E-state index contributed by atoms with van der Waals surface area (Å²) >= 11 is 5.81. The maximum atomic E-state index is 13.6. The second-order valence-corrected chi connectivity index (χ2v) is 11.1. The van der Waals surface area contributed by atoms with Crippen molar-refractivity contribution in [3.05, 3.63) is 52.8 Å². The number of carbonyl (C=O) groups is 2. The van der Waals surface area contributed by atoms with Gasteiger partial charge in [-0.2, -0.15) is 0 Å². The van der Waals surface area contributed by atoms with Gasteiger partial charge in [0.05, 0.1) is 28.6 Å². The average Bonchev–Trinajstić information content (AvgIpc) is 2.72. The smallest absolute Gasteiger partial charge is 0.310 e. The first-order valence-corrected chi connectivity index (χ1v) is 12.3. The fourth-order valence-corrected chi connectivity index (χ4v) is 5.21. The monoisotopic (exact) mass is 513 g/mol. The molecule has 2 aromatic rings. The van der Waals surface area contributed by atoms with Gasteiger partial charge in [-0.05, 0) is 63.1 Å². The zero-order chi connectivity index (χ0) is 25.3. The molecule has 0 bridgehead atoms. The number of rotatable bonds is 7. The first-order chi connectivity index (χ1) is 15.8. The van der Waals surface area contributed by atoms with Crippen molar-refractivity contribution in [1.82, 2.24) is 0 Å². The Hall–Kier alpha value is -2.85. The predicted octanol–water partition coefficient (Wildman–Crippen LogP) is 4.18. The molecular formula is C23H25ClFNO7S. The number of ether oxygens (including phenoxy) is 2. The minimum atomic E-state index is -4.22. The Morgan fingerprint density at radius 2 is 1.94 bits per heavy atom. The van der Waals surface area contributed by atoms with E-state index in [2.05, 4.69) is 0 Å². The molecule has 11 heteroatoms. The highest BCUT2D eigenvalue weighted by molar-refractivity contribution is 7.92. The number of sulfonamides is 1. The van der Waals surface area contributed by atoms with Crippen LogP contribution in [0.2, 0.25) is 5.02 Å². The third-order valence-corrected chi connectivity index (χ3v) is 6.95. The Morgan fingerprint density at radius 1 is 1.24 bits per heavy atom. The highest BCUT2D eigenvalue weighted by atomic mass is 35.5. The minimum Gasteiger partial charge on any atom is -0.486 e. The summed E-state index contributed by atoms with van der Waals surface area (Å²) in [4.78, 5) is 23.1. The molecule has 0 spiro atoms. The van der Waals surface area contributed by atoms with E-state index in [1.54, 1.807) is 26.8 Å². The molecule has 8 nitrogen and oxygen atoms in total. The molecule has 1 aliphatic heterocycles. The Balaban J connectivity index is 2.00. The van der Waals surface area contributed by atoms with Gasteiger partial charge in [0.2, 0.25) is 0 Å². The molecular weight excluding hydrogens is 489 g/mol. The van der Waals surface area contributed by atoms with Gasteiger partial charge in [0.15, 0.2) is 0 Å². The maximum absolute atomic E-state index is 13.6. The fraction of sp³-hybridized carbons (Fsp3) is 0.391. The van der Waals surface area contributed by atoms with Gasteiger partial charge in [-0.1, -0.05) is 17.7 Å². The molecule has 2 aromatic carbocycles. The second kappa shape index (κ2) is 9.79. The highest BCUT2D eigenvalue weighted by Gasteiger charge is 2.35. The molecule has 1 atom stereocenters. The SMILES string of the molecule is CC(C)(C)OC(=O)Cc1ccc2c(c1)N(S(=O)(=O)c1ccc(F)c(Cl)c1)C[C@H](CCC(=O)O)O2. The molecule has 1 heterocycles. The number of hydrogen-bond acceptors (Lipinski definition) is 6. The van der Waals surface area contributed by atoms with Gasteiger partial charge in [-0.25, -0.2) is 12.8 Å². The van der Waals surface area contributed by atoms with E-state index in [0.29, 0.717) is 5.56 Å². The fourth-order valence-electron chi connectivity index (χ4n) is 3.44. The minimum absolute atomic E-state index is 0.0740. The van der Waals surface area contributed by atoms with E-state index in [-0.39, 0.29) is 47.2 Å². The Labute approximate surface area is 202 Å². The molecule has 184 valence electrons. The van der Waals surface area contributed by atoms with Crippen molar-refractivity contribution in [3.8, 4) is 5.75 Å². The van der Waals surface area contributed by atoms with Crippen molar-refractivity contribution in [1.29, 1.82) is 0 Å². The zero-order valence-corrected chi connectivity index (χ0v) is 20.5. The number of carbonyl (C=O) groups excluding carboxylic acids is 1. The number of anilines is 1. The van der Waals surface area contributed by atoms with Gasteiger partial charge in [-0.3, -0.25) is 13.9 Å². The van der Waals surface area contributed by atoms with Crippen molar-refractivity contribution < 1.29 is 37.0 Å². The van der Waals surface area contributed by atoms with Gasteiger partial charge < -0.3 is 14.6 Å². The Morgan fingerprint density at radius 3 is 2.56 bits per heavy atom. The number of carboxylic acid groups (broad SMARTS) is 1. The van der Waals surface area contributed by atoms with E-state index in [0.717, 1.165) is 22.5 Å². The topological polar surface area (TPSA) is 110 Å². The molecule has 0 saturated carbocycles. The summed E-state index contributed by atoms with van der Waals surface area (Å²) in [5, 5.41) is 8.67. The quantitative estimate of drug-likeness (QED) is 0.553. The summed E-state index contributed by atoms with van der Waals surface area (Å²) < 4.78 is 52.9. The van der Waals surface area contributed by atoms with Crippen LogP contribution in [0.25, 0.3) is 0 Å². The molecule has 3 rings (SSSR count). The highest BCUT2D eigenvalue weighted by Crippen LogP contribution is 2.39. The molecule has 1 aliphatic rings. The van der Waals surface area contributed by atoms with Crippen LogP contribution in [0.3, 0.4) is 0 Å². The Kier molecular flexibility index (Phi) is 7.42. The van der Waals surface area contributed by atoms with E-state index in [9.17, 15) is 22.4 Å². The molecule has 0 aliphatic carbocycles. The van der Waals surface area contributed by atoms with Crippen LogP contribution in [0.15, 0.2) is 41.3 Å². The van der Waals surface area contributed by atoms with Gasteiger partial charge in [0.25, 0.3) is 10.0 Å². The van der Waals surface area contributed by atoms with Crippen molar-refractivity contribution in [3.63, 3.8) is 0 Å². The molecule has 0 unspecified atom stereocenters. The van der Waals surface area contributed by atoms with Gasteiger partial charge >= 0.3 is 11.9 Å². The van der Waals surface area contributed by atoms with Gasteiger partial charge in [0, 0.05) is 6.42 Å². The van der Waals surface area contributed by atoms with Crippen LogP contribution in [-0.4, -0.2) is 43.7 Å². The molecule has 0 fully saturated rings. The predicted molar refractivity (Wildman–Crippen MR) is 123 cm³/mol. The van der Waals surface area contributed by atoms with Crippen LogP contribution in [0, 0.1) is 5.82 Å². The van der Waals surface area contributed by atoms with Crippen LogP contribution in [-0.2, 0) is 30.8 Å². The maximum Gasteiger partial charge on any atom is 0.310 e. The van der Waals surface area contributed by atoms with Gasteiger partial charge in [0.1, 0.15) is 23.3 Å². The van der Waals surface area contributed by atoms with Crippen LogP contribution >= 0.6 is 11.6 Å². The number of fused-ring (bicyclic) bond motifs is 1. The lowest BCUT2D eigenvalue weighted by Crippen LogP contribution is -2.43. The van der Waals surface area contributed by atoms with Crippen molar-refractivity contribution in [2.45, 2.75) is 56.6 Å². The van der Waals surface area contributed by atoms with E-state index >= 15 is 0 Å². The first-order valence-electron chi connectivity index (χ1n) is 10.5. The average molecular weight is 514 g/mol. The molecule has 0 saturated heterocycles. The summed E-state index contributed by atoms with van der Waals surface area (Å²) in [5.74, 6) is -2.07. The normalized spacial score (nSPS) is 15.9. The number of esters is 1. The van der Waals surface area contributed by atoms with Crippen molar-refractivity contribution in [2.24, 2.45) is 0 Å². The Bertz CT molecular complexity index is 1210. The number of halogens is 2. The molecule has 0 radical (unpaired) electrons. The number of nitrogens with zero attached hydrogens (tertiary/aromatic N) is 1. The van der Waals surface area contributed by atoms with Crippen LogP contribution in [0.1, 0.15) is 39.2 Å². The number of carboxylic acids is 1. The van der Waals surface area contributed by atoms with E-state index in [4.69, 9.17) is 26.2 Å². The third-order valence-electron chi connectivity index (χ3n) is 4.88. The van der Waals surface area contributed by atoms with E-state index in [1.807, 2.05) is 0 Å². The summed E-state index contributed by atoms with van der Waals surface area (Å²) in [6.07, 6.45) is -0.966. The third kappa shape index (κ3) is 6.18. The molecule has 0 aromatic heterocycles. The van der Waals surface area contributed by atoms with E-state index in [1.165, 1.54) is 12.1 Å². The van der Waals surface area contributed by atoms with Crippen molar-refractivity contribution in [2.75, 3.05) is 10.8 Å². The molecule has 34 heavy (non-hydrogen) atoms. The largest absolute Gasteiger partial charge is 0.486 e. The van der Waals surface area contributed by atoms with Crippen LogP contribution < -0.4 is 9.04 Å². The lowest BCUT2D eigenvalue weighted by atomic mass is 10.1. The molecule has 1 N–H and O–H groups in total. The standard InChI is InChI=1S/C23H25ClFNO7S/c1-23(2,3)33-22(29)11-14-4-8-20-19(10-14)26(13-15(32-20)5-9-21(27)28)34(30,31)16-6-7-18(25)17(24)12-16/h4,6-8,10,12,15H,5,9,11,13H2,1-3H3,(H,27,28)/t15-/m0/s1. The van der Waals surface area contributed by atoms with Crippen LogP contribution in [0.5, 0.6) is 5.75 Å². The first kappa shape index (κ1) is 25.8. The van der Waals surface area contributed by atoms with Crippen LogP contribution in [0.4, 0.5) is 10.1 Å². The summed E-state index contributed by atoms with van der Waals surface area (Å²) in [6, 6.07) is 7.72.